The van der Waals surface area contributed by atoms with Crippen LogP contribution >= 0.6 is 0 Å². The van der Waals surface area contributed by atoms with Gasteiger partial charge in [0.1, 0.15) is 23.4 Å². The minimum atomic E-state index is -5.14. The molecule has 0 saturated heterocycles. The molecular formula is C28H27F3O5. The van der Waals surface area contributed by atoms with Crippen LogP contribution in [0.4, 0.5) is 13.2 Å². The van der Waals surface area contributed by atoms with Crippen molar-refractivity contribution in [3.63, 3.8) is 0 Å². The highest BCUT2D eigenvalue weighted by molar-refractivity contribution is 5.76. The van der Waals surface area contributed by atoms with E-state index in [-0.39, 0.29) is 0 Å². The average molecular weight is 501 g/mol. The van der Waals surface area contributed by atoms with Crippen LogP contribution in [0.2, 0.25) is 0 Å². The Morgan fingerprint density at radius 1 is 0.778 bits per heavy atom. The lowest BCUT2D eigenvalue weighted by atomic mass is 9.80. The first kappa shape index (κ1) is 25.4. The maximum absolute atomic E-state index is 13.4. The van der Waals surface area contributed by atoms with Gasteiger partial charge in [-0.25, -0.2) is 4.79 Å². The van der Waals surface area contributed by atoms with Crippen molar-refractivity contribution >= 4 is 5.97 Å². The van der Waals surface area contributed by atoms with Gasteiger partial charge < -0.3 is 18.9 Å². The number of ether oxygens (including phenoxy) is 4. The van der Waals surface area contributed by atoms with Gasteiger partial charge in [-0.15, -0.1) is 0 Å². The zero-order chi connectivity index (χ0) is 26.2. The van der Waals surface area contributed by atoms with Gasteiger partial charge in [0.15, 0.2) is 0 Å². The Bertz CT molecular complexity index is 1270. The van der Waals surface area contributed by atoms with E-state index in [0.29, 0.717) is 33.9 Å². The largest absolute Gasteiger partial charge is 0.497 e. The number of benzene rings is 3. The smallest absolute Gasteiger partial charge is 0.490 e. The molecule has 0 amide bonds. The predicted octanol–water partition coefficient (Wildman–Crippen LogP) is 6.41. The van der Waals surface area contributed by atoms with E-state index < -0.39 is 30.1 Å². The molecule has 0 unspecified atom stereocenters. The number of aryl methyl sites for hydroxylation is 2. The minimum Gasteiger partial charge on any atom is -0.497 e. The van der Waals surface area contributed by atoms with Crippen LogP contribution in [0.25, 0.3) is 0 Å². The number of esters is 1. The van der Waals surface area contributed by atoms with Crippen LogP contribution in [0.1, 0.15) is 51.3 Å². The van der Waals surface area contributed by atoms with Crippen molar-refractivity contribution in [2.24, 2.45) is 0 Å². The molecule has 0 bridgehead atoms. The van der Waals surface area contributed by atoms with Crippen molar-refractivity contribution < 1.29 is 36.9 Å². The highest BCUT2D eigenvalue weighted by Gasteiger charge is 2.50. The highest BCUT2D eigenvalue weighted by Crippen LogP contribution is 2.58. The van der Waals surface area contributed by atoms with Crippen LogP contribution in [-0.2, 0) is 9.53 Å². The first-order valence-corrected chi connectivity index (χ1v) is 11.3. The third-order valence-electron chi connectivity index (χ3n) is 6.48. The number of carbonyl (C=O) groups excluding carboxylic acids is 1. The molecule has 3 aromatic rings. The average Bonchev–Trinajstić information content (AvgIpc) is 3.16. The lowest BCUT2D eigenvalue weighted by Gasteiger charge is -2.27. The van der Waals surface area contributed by atoms with E-state index >= 15 is 0 Å². The van der Waals surface area contributed by atoms with Gasteiger partial charge in [0.05, 0.1) is 21.3 Å². The second-order valence-corrected chi connectivity index (χ2v) is 8.85. The van der Waals surface area contributed by atoms with Crippen LogP contribution in [0.3, 0.4) is 0 Å². The van der Waals surface area contributed by atoms with Crippen molar-refractivity contribution in [2.45, 2.75) is 38.0 Å². The van der Waals surface area contributed by atoms with Gasteiger partial charge in [-0.3, -0.25) is 0 Å². The fourth-order valence-corrected chi connectivity index (χ4v) is 5.03. The van der Waals surface area contributed by atoms with Gasteiger partial charge in [-0.2, -0.15) is 13.2 Å². The molecule has 0 N–H and O–H groups in total. The van der Waals surface area contributed by atoms with E-state index in [4.69, 9.17) is 18.9 Å². The maximum Gasteiger partial charge on any atom is 0.490 e. The summed E-state index contributed by atoms with van der Waals surface area (Å²) in [4.78, 5) is 12.1. The van der Waals surface area contributed by atoms with E-state index in [1.165, 1.54) is 14.2 Å². The molecule has 8 heteroatoms. The van der Waals surface area contributed by atoms with Gasteiger partial charge in [0.2, 0.25) is 0 Å². The highest BCUT2D eigenvalue weighted by atomic mass is 19.4. The molecule has 1 aliphatic rings. The monoisotopic (exact) mass is 500 g/mol. The van der Waals surface area contributed by atoms with Crippen LogP contribution < -0.4 is 14.2 Å². The van der Waals surface area contributed by atoms with E-state index in [9.17, 15) is 18.0 Å². The normalized spacial score (nSPS) is 18.9. The molecule has 0 aromatic heterocycles. The molecule has 0 spiro atoms. The third kappa shape index (κ3) is 4.72. The summed E-state index contributed by atoms with van der Waals surface area (Å²) in [7, 11) is 4.59. The SMILES string of the molecule is COc1ccc([C@H]2c3c(OC)cc(C)cc3[C@@H](OC(=O)C(F)(F)F)[C@@H]2c2cc(C)cc(OC)c2)cc1. The minimum absolute atomic E-state index is 0.473. The lowest BCUT2D eigenvalue weighted by Crippen LogP contribution is -2.28. The summed E-state index contributed by atoms with van der Waals surface area (Å²) in [6, 6.07) is 16.4. The Morgan fingerprint density at radius 2 is 1.42 bits per heavy atom. The van der Waals surface area contributed by atoms with Crippen LogP contribution in [0.15, 0.2) is 54.6 Å². The molecule has 0 heterocycles. The van der Waals surface area contributed by atoms with Crippen molar-refractivity contribution in [1.29, 1.82) is 0 Å². The van der Waals surface area contributed by atoms with E-state index in [0.717, 1.165) is 16.7 Å². The molecule has 190 valence electrons. The zero-order valence-electron chi connectivity index (χ0n) is 20.6. The number of hydrogen-bond acceptors (Lipinski definition) is 5. The van der Waals surface area contributed by atoms with Crippen LogP contribution in [0.5, 0.6) is 17.2 Å². The summed E-state index contributed by atoms with van der Waals surface area (Å²) < 4.78 is 61.8. The Kier molecular flexibility index (Phi) is 6.89. The third-order valence-corrected chi connectivity index (χ3v) is 6.48. The first-order valence-electron chi connectivity index (χ1n) is 11.3. The molecule has 0 aliphatic heterocycles. The summed E-state index contributed by atoms with van der Waals surface area (Å²) in [5, 5.41) is 0. The van der Waals surface area contributed by atoms with Gasteiger partial charge in [-0.05, 0) is 66.4 Å². The van der Waals surface area contributed by atoms with E-state index in [1.54, 1.807) is 31.4 Å². The fraction of sp³-hybridized carbons (Fsp3) is 0.321. The topological polar surface area (TPSA) is 54.0 Å². The van der Waals surface area contributed by atoms with Gasteiger partial charge >= 0.3 is 12.1 Å². The molecular weight excluding hydrogens is 473 g/mol. The quantitative estimate of drug-likeness (QED) is 0.367. The number of hydrogen-bond donors (Lipinski definition) is 0. The van der Waals surface area contributed by atoms with Crippen molar-refractivity contribution in [2.75, 3.05) is 21.3 Å². The van der Waals surface area contributed by atoms with Gasteiger partial charge in [0, 0.05) is 23.0 Å². The molecule has 0 fully saturated rings. The Hall–Kier alpha value is -3.68. The summed E-state index contributed by atoms with van der Waals surface area (Å²) in [5.74, 6) is -1.68. The molecule has 5 nitrogen and oxygen atoms in total. The van der Waals surface area contributed by atoms with Crippen molar-refractivity contribution in [3.8, 4) is 17.2 Å². The zero-order valence-corrected chi connectivity index (χ0v) is 20.6. The second-order valence-electron chi connectivity index (χ2n) is 8.85. The molecule has 1 aliphatic carbocycles. The fourth-order valence-electron chi connectivity index (χ4n) is 5.03. The second kappa shape index (κ2) is 9.76. The number of carbonyl (C=O) groups is 1. The Morgan fingerprint density at radius 3 is 2.00 bits per heavy atom. The summed E-state index contributed by atoms with van der Waals surface area (Å²) in [6.07, 6.45) is -6.34. The van der Waals surface area contributed by atoms with E-state index in [1.807, 2.05) is 44.2 Å². The standard InChI is InChI=1S/C28H27F3O5/c1-15-10-18(14-20(11-15)34-4)24-23(17-6-8-19(33-3)9-7-17)25-21(12-16(2)13-22(25)35-5)26(24)36-27(32)28(29,30)31/h6-14,23-24,26H,1-5H3/t23-,24-,26-/m1/s1. The molecule has 3 aromatic carbocycles. The number of methoxy groups -OCH3 is 3. The van der Waals surface area contributed by atoms with Crippen molar-refractivity contribution in [1.82, 2.24) is 0 Å². The van der Waals surface area contributed by atoms with E-state index in [2.05, 4.69) is 0 Å². The van der Waals surface area contributed by atoms with Gasteiger partial charge in [0.25, 0.3) is 0 Å². The van der Waals surface area contributed by atoms with Crippen molar-refractivity contribution in [3.05, 3.63) is 88.0 Å². The van der Waals surface area contributed by atoms with Crippen LogP contribution in [-0.4, -0.2) is 33.5 Å². The number of halogens is 3. The molecule has 0 radical (unpaired) electrons. The molecule has 3 atom stereocenters. The summed E-state index contributed by atoms with van der Waals surface area (Å²) in [5.41, 5.74) is 4.29. The number of rotatable bonds is 6. The maximum atomic E-state index is 13.4. The Balaban J connectivity index is 2.00. The molecule has 4 rings (SSSR count). The van der Waals surface area contributed by atoms with Gasteiger partial charge in [-0.1, -0.05) is 24.3 Å². The Labute approximate surface area is 207 Å². The molecule has 0 saturated carbocycles. The first-order chi connectivity index (χ1) is 17.1. The summed E-state index contributed by atoms with van der Waals surface area (Å²) in [6.45, 7) is 3.69. The number of fused-ring (bicyclic) bond motifs is 1. The summed E-state index contributed by atoms with van der Waals surface area (Å²) >= 11 is 0. The lowest BCUT2D eigenvalue weighted by molar-refractivity contribution is -0.206. The molecule has 36 heavy (non-hydrogen) atoms. The predicted molar refractivity (Wildman–Crippen MR) is 128 cm³/mol. The van der Waals surface area contributed by atoms with Crippen LogP contribution in [0, 0.1) is 13.8 Å². The number of alkyl halides is 3.